The van der Waals surface area contributed by atoms with Gasteiger partial charge < -0.3 is 4.74 Å². The SMILES string of the molecule is CC(S)C(=O)Oc1cc(C(F)(F)F)cc(C(F)(F)F)c1. The molecule has 112 valence electrons. The van der Waals surface area contributed by atoms with Crippen molar-refractivity contribution in [3.63, 3.8) is 0 Å². The fourth-order valence-corrected chi connectivity index (χ4v) is 1.24. The zero-order chi connectivity index (χ0) is 15.7. The molecule has 0 aliphatic carbocycles. The van der Waals surface area contributed by atoms with E-state index in [1.165, 1.54) is 6.92 Å². The van der Waals surface area contributed by atoms with Gasteiger partial charge in [-0.05, 0) is 25.1 Å². The van der Waals surface area contributed by atoms with Crippen LogP contribution in [0.3, 0.4) is 0 Å². The monoisotopic (exact) mass is 318 g/mol. The maximum absolute atomic E-state index is 12.5. The molecular weight excluding hydrogens is 310 g/mol. The number of esters is 1. The molecule has 2 nitrogen and oxygen atoms in total. The van der Waals surface area contributed by atoms with Gasteiger partial charge >= 0.3 is 18.3 Å². The Morgan fingerprint density at radius 2 is 1.45 bits per heavy atom. The Morgan fingerprint density at radius 1 is 1.05 bits per heavy atom. The van der Waals surface area contributed by atoms with Crippen molar-refractivity contribution in [1.82, 2.24) is 0 Å². The Kier molecular flexibility index (Phi) is 4.62. The van der Waals surface area contributed by atoms with Crippen molar-refractivity contribution in [1.29, 1.82) is 0 Å². The third-order valence-electron chi connectivity index (χ3n) is 2.12. The minimum absolute atomic E-state index is 0.0541. The van der Waals surface area contributed by atoms with Crippen molar-refractivity contribution in [3.8, 4) is 5.75 Å². The number of alkyl halides is 6. The van der Waals surface area contributed by atoms with Gasteiger partial charge in [0.05, 0.1) is 16.4 Å². The summed E-state index contributed by atoms with van der Waals surface area (Å²) in [5.41, 5.74) is -3.11. The molecule has 1 aromatic carbocycles. The van der Waals surface area contributed by atoms with Crippen LogP contribution < -0.4 is 4.74 Å². The second kappa shape index (κ2) is 5.55. The van der Waals surface area contributed by atoms with Gasteiger partial charge in [0.25, 0.3) is 0 Å². The molecule has 1 unspecified atom stereocenters. The third kappa shape index (κ3) is 4.32. The quantitative estimate of drug-likeness (QED) is 0.387. The van der Waals surface area contributed by atoms with E-state index in [2.05, 4.69) is 17.4 Å². The minimum Gasteiger partial charge on any atom is -0.426 e. The molecular formula is C11H8F6O2S. The highest BCUT2D eigenvalue weighted by Crippen LogP contribution is 2.38. The van der Waals surface area contributed by atoms with Crippen LogP contribution in [-0.4, -0.2) is 11.2 Å². The van der Waals surface area contributed by atoms with Crippen molar-refractivity contribution in [3.05, 3.63) is 29.3 Å². The zero-order valence-corrected chi connectivity index (χ0v) is 10.7. The molecule has 20 heavy (non-hydrogen) atoms. The number of benzene rings is 1. The lowest BCUT2D eigenvalue weighted by molar-refractivity contribution is -0.144. The molecule has 0 N–H and O–H groups in total. The summed E-state index contributed by atoms with van der Waals surface area (Å²) in [7, 11) is 0. The normalized spacial score (nSPS) is 14.0. The standard InChI is InChI=1S/C11H8F6O2S/c1-5(20)9(18)19-8-3-6(10(12,13)14)2-7(4-8)11(15,16)17/h2-5,20H,1H3. The van der Waals surface area contributed by atoms with Gasteiger partial charge in [-0.15, -0.1) is 0 Å². The topological polar surface area (TPSA) is 26.3 Å². The number of carbonyl (C=O) groups excluding carboxylic acids is 1. The van der Waals surface area contributed by atoms with E-state index in [1.807, 2.05) is 0 Å². The molecule has 0 aliphatic heterocycles. The fraction of sp³-hybridized carbons (Fsp3) is 0.364. The van der Waals surface area contributed by atoms with Crippen molar-refractivity contribution in [2.45, 2.75) is 24.5 Å². The van der Waals surface area contributed by atoms with Crippen LogP contribution in [-0.2, 0) is 17.1 Å². The zero-order valence-electron chi connectivity index (χ0n) is 9.84. The van der Waals surface area contributed by atoms with Crippen molar-refractivity contribution in [2.24, 2.45) is 0 Å². The number of halogens is 6. The van der Waals surface area contributed by atoms with Gasteiger partial charge in [0.15, 0.2) is 0 Å². The van der Waals surface area contributed by atoms with Crippen LogP contribution in [0.25, 0.3) is 0 Å². The molecule has 0 aliphatic rings. The number of thiol groups is 1. The lowest BCUT2D eigenvalue weighted by atomic mass is 10.1. The van der Waals surface area contributed by atoms with E-state index in [0.717, 1.165) is 0 Å². The van der Waals surface area contributed by atoms with Crippen molar-refractivity contribution >= 4 is 18.6 Å². The lowest BCUT2D eigenvalue weighted by Crippen LogP contribution is -2.19. The first-order chi connectivity index (χ1) is 8.91. The molecule has 0 heterocycles. The van der Waals surface area contributed by atoms with Crippen LogP contribution >= 0.6 is 12.6 Å². The average molecular weight is 318 g/mol. The largest absolute Gasteiger partial charge is 0.426 e. The van der Waals surface area contributed by atoms with Crippen LogP contribution in [0.5, 0.6) is 5.75 Å². The van der Waals surface area contributed by atoms with E-state index in [1.54, 1.807) is 0 Å². The van der Waals surface area contributed by atoms with Gasteiger partial charge in [-0.2, -0.15) is 39.0 Å². The van der Waals surface area contributed by atoms with E-state index in [-0.39, 0.29) is 6.07 Å². The maximum atomic E-state index is 12.5. The molecule has 1 atom stereocenters. The summed E-state index contributed by atoms with van der Waals surface area (Å²) in [6.07, 6.45) is -9.98. The van der Waals surface area contributed by atoms with Crippen LogP contribution in [0.2, 0.25) is 0 Å². The maximum Gasteiger partial charge on any atom is 0.416 e. The van der Waals surface area contributed by atoms with Crippen LogP contribution in [0, 0.1) is 0 Å². The molecule has 0 saturated heterocycles. The summed E-state index contributed by atoms with van der Waals surface area (Å²) >= 11 is 3.67. The summed E-state index contributed by atoms with van der Waals surface area (Å²) in [5, 5.41) is -0.987. The Bertz CT molecular complexity index is 474. The Labute approximate surface area is 115 Å². The first-order valence-corrected chi connectivity index (χ1v) is 5.62. The highest BCUT2D eigenvalue weighted by Gasteiger charge is 2.37. The Hall–Kier alpha value is -1.38. The molecule has 1 rings (SSSR count). The summed E-state index contributed by atoms with van der Waals surface area (Å²) in [4.78, 5) is 11.2. The van der Waals surface area contributed by atoms with Gasteiger partial charge in [-0.25, -0.2) is 0 Å². The molecule has 0 spiro atoms. The number of carbonyl (C=O) groups is 1. The van der Waals surface area contributed by atoms with Crippen molar-refractivity contribution < 1.29 is 35.9 Å². The van der Waals surface area contributed by atoms with Crippen LogP contribution in [0.4, 0.5) is 26.3 Å². The average Bonchev–Trinajstić information content (AvgIpc) is 2.26. The minimum atomic E-state index is -4.99. The van der Waals surface area contributed by atoms with Crippen LogP contribution in [0.1, 0.15) is 18.1 Å². The first kappa shape index (κ1) is 16.7. The fourth-order valence-electron chi connectivity index (χ4n) is 1.19. The van der Waals surface area contributed by atoms with E-state index in [4.69, 9.17) is 0 Å². The Balaban J connectivity index is 3.28. The third-order valence-corrected chi connectivity index (χ3v) is 2.33. The number of rotatable bonds is 2. The predicted octanol–water partition coefficient (Wildman–Crippen LogP) is 3.95. The summed E-state index contributed by atoms with van der Waals surface area (Å²) in [5.74, 6) is -1.89. The molecule has 0 saturated carbocycles. The summed E-state index contributed by atoms with van der Waals surface area (Å²) < 4.78 is 79.5. The van der Waals surface area contributed by atoms with Gasteiger partial charge in [-0.1, -0.05) is 0 Å². The highest BCUT2D eigenvalue weighted by atomic mass is 32.1. The van der Waals surface area contributed by atoms with Crippen molar-refractivity contribution in [2.75, 3.05) is 0 Å². The number of hydrogen-bond donors (Lipinski definition) is 1. The molecule has 0 fully saturated rings. The first-order valence-electron chi connectivity index (χ1n) is 5.10. The molecule has 0 radical (unpaired) electrons. The van der Waals surface area contributed by atoms with E-state index >= 15 is 0 Å². The van der Waals surface area contributed by atoms with Gasteiger partial charge in [0, 0.05) is 0 Å². The van der Waals surface area contributed by atoms with Gasteiger partial charge in [0.2, 0.25) is 0 Å². The predicted molar refractivity (Wildman–Crippen MR) is 60.5 cm³/mol. The van der Waals surface area contributed by atoms with E-state index in [0.29, 0.717) is 12.1 Å². The Morgan fingerprint density at radius 3 is 1.75 bits per heavy atom. The van der Waals surface area contributed by atoms with E-state index in [9.17, 15) is 31.1 Å². The van der Waals surface area contributed by atoms with Gasteiger partial charge in [-0.3, -0.25) is 4.79 Å². The molecule has 9 heteroatoms. The highest BCUT2D eigenvalue weighted by molar-refractivity contribution is 7.81. The second-order valence-electron chi connectivity index (χ2n) is 3.84. The van der Waals surface area contributed by atoms with Gasteiger partial charge in [0.1, 0.15) is 5.75 Å². The molecule has 0 bridgehead atoms. The lowest BCUT2D eigenvalue weighted by Gasteiger charge is -2.14. The second-order valence-corrected chi connectivity index (χ2v) is 4.61. The smallest absolute Gasteiger partial charge is 0.416 e. The molecule has 1 aromatic rings. The summed E-state index contributed by atoms with van der Waals surface area (Å²) in [6.45, 7) is 1.27. The number of ether oxygens (including phenoxy) is 1. The molecule has 0 aromatic heterocycles. The molecule has 0 amide bonds. The number of hydrogen-bond acceptors (Lipinski definition) is 3. The summed E-state index contributed by atoms with van der Waals surface area (Å²) in [6, 6.07) is 0.591. The van der Waals surface area contributed by atoms with Crippen LogP contribution in [0.15, 0.2) is 18.2 Å². The van der Waals surface area contributed by atoms with E-state index < -0.39 is 40.4 Å².